The van der Waals surface area contributed by atoms with E-state index in [9.17, 15) is 22.8 Å². The van der Waals surface area contributed by atoms with Crippen LogP contribution in [0.25, 0.3) is 10.8 Å². The molecule has 0 saturated heterocycles. The van der Waals surface area contributed by atoms with Gasteiger partial charge < -0.3 is 14.2 Å². The van der Waals surface area contributed by atoms with E-state index >= 15 is 0 Å². The molecule has 10 heteroatoms. The van der Waals surface area contributed by atoms with Crippen molar-refractivity contribution in [3.05, 3.63) is 42.0 Å². The molecule has 0 aliphatic carbocycles. The van der Waals surface area contributed by atoms with E-state index in [2.05, 4.69) is 0 Å². The summed E-state index contributed by atoms with van der Waals surface area (Å²) in [5.74, 6) is -0.778. The van der Waals surface area contributed by atoms with Gasteiger partial charge in [0.05, 0.1) is 17.6 Å². The molecule has 2 aromatic rings. The summed E-state index contributed by atoms with van der Waals surface area (Å²) in [6, 6.07) is 8.84. The summed E-state index contributed by atoms with van der Waals surface area (Å²) in [6.07, 6.45) is -2.86. The molecule has 0 fully saturated rings. The highest BCUT2D eigenvalue weighted by atomic mass is 32.2. The van der Waals surface area contributed by atoms with Crippen LogP contribution in [0, 0.1) is 0 Å². The van der Waals surface area contributed by atoms with Crippen molar-refractivity contribution in [2.75, 3.05) is 7.11 Å². The number of hydrogen-bond donors (Lipinski definition) is 0. The molecule has 0 aliphatic rings. The summed E-state index contributed by atoms with van der Waals surface area (Å²) in [6.45, 7) is 9.14. The Hall–Kier alpha value is -3.14. The number of benzene rings is 2. The number of fused-ring (bicyclic) bond motifs is 1. The van der Waals surface area contributed by atoms with Gasteiger partial charge in [0.1, 0.15) is 11.2 Å². The van der Waals surface area contributed by atoms with Crippen LogP contribution in [0.3, 0.4) is 0 Å². The van der Waals surface area contributed by atoms with Crippen LogP contribution in [0.15, 0.2) is 41.3 Å². The standard InChI is InChI=1S/C22H27NO8S/c1-21(2,3)30-19(25)23(20(26)31-22(4,5)6)32(27,28)15-12-14-10-8-9-11-16(14)17(13-15)18(24)29-7/h8-13H,1-7H3. The molecule has 0 radical (unpaired) electrons. The molecular weight excluding hydrogens is 438 g/mol. The van der Waals surface area contributed by atoms with Gasteiger partial charge in [-0.1, -0.05) is 28.6 Å². The zero-order valence-electron chi connectivity index (χ0n) is 19.1. The second-order valence-corrected chi connectivity index (χ2v) is 10.7. The van der Waals surface area contributed by atoms with E-state index in [0.717, 1.165) is 13.2 Å². The summed E-state index contributed by atoms with van der Waals surface area (Å²) in [5.41, 5.74) is -2.22. The Labute approximate surface area is 187 Å². The molecule has 0 aliphatic heterocycles. The third-order valence-electron chi connectivity index (χ3n) is 3.90. The van der Waals surface area contributed by atoms with Gasteiger partial charge in [-0.05, 0) is 64.4 Å². The van der Waals surface area contributed by atoms with Gasteiger partial charge >= 0.3 is 18.2 Å². The SMILES string of the molecule is COC(=O)c1cc(S(=O)(=O)N(C(=O)OC(C)(C)C)C(=O)OC(C)(C)C)cc2ccccc12. The minimum atomic E-state index is -4.82. The molecule has 9 nitrogen and oxygen atoms in total. The average molecular weight is 466 g/mol. The number of carbonyl (C=O) groups excluding carboxylic acids is 3. The van der Waals surface area contributed by atoms with Gasteiger partial charge in [0.2, 0.25) is 0 Å². The number of methoxy groups -OCH3 is 1. The van der Waals surface area contributed by atoms with Gasteiger partial charge in [0.25, 0.3) is 10.0 Å². The fraction of sp³-hybridized carbons (Fsp3) is 0.409. The van der Waals surface area contributed by atoms with Gasteiger partial charge in [-0.25, -0.2) is 22.8 Å². The number of ether oxygens (including phenoxy) is 3. The molecule has 0 N–H and O–H groups in total. The van der Waals surface area contributed by atoms with Crippen LogP contribution in [-0.2, 0) is 24.2 Å². The molecule has 2 rings (SSSR count). The number of rotatable bonds is 3. The third kappa shape index (κ3) is 5.76. The Morgan fingerprint density at radius 3 is 1.81 bits per heavy atom. The lowest BCUT2D eigenvalue weighted by molar-refractivity contribution is 0.0173. The molecule has 0 saturated carbocycles. The lowest BCUT2D eigenvalue weighted by Crippen LogP contribution is -2.46. The maximum absolute atomic E-state index is 13.5. The number of hydrogen-bond acceptors (Lipinski definition) is 8. The fourth-order valence-corrected chi connectivity index (χ4v) is 3.91. The van der Waals surface area contributed by atoms with Crippen molar-refractivity contribution in [3.63, 3.8) is 0 Å². The Morgan fingerprint density at radius 1 is 0.844 bits per heavy atom. The molecular formula is C22H27NO8S. The normalized spacial score (nSPS) is 12.2. The molecule has 174 valence electrons. The topological polar surface area (TPSA) is 116 Å². The van der Waals surface area contributed by atoms with Crippen LogP contribution >= 0.6 is 0 Å². The van der Waals surface area contributed by atoms with Crippen molar-refractivity contribution in [1.82, 2.24) is 4.31 Å². The quantitative estimate of drug-likeness (QED) is 0.481. The summed E-state index contributed by atoms with van der Waals surface area (Å²) in [5, 5.41) is 0.835. The zero-order valence-corrected chi connectivity index (χ0v) is 19.9. The summed E-state index contributed by atoms with van der Waals surface area (Å²) in [4.78, 5) is 37.4. The van der Waals surface area contributed by atoms with E-state index in [0.29, 0.717) is 10.8 Å². The first-order valence-electron chi connectivity index (χ1n) is 9.69. The summed E-state index contributed by atoms with van der Waals surface area (Å²) in [7, 11) is -3.66. The van der Waals surface area contributed by atoms with Crippen molar-refractivity contribution in [1.29, 1.82) is 0 Å². The highest BCUT2D eigenvalue weighted by molar-refractivity contribution is 7.90. The maximum atomic E-state index is 13.5. The molecule has 32 heavy (non-hydrogen) atoms. The highest BCUT2D eigenvalue weighted by Crippen LogP contribution is 2.28. The van der Waals surface area contributed by atoms with Crippen molar-refractivity contribution in [3.8, 4) is 0 Å². The van der Waals surface area contributed by atoms with Gasteiger partial charge in [-0.2, -0.15) is 0 Å². The molecule has 0 spiro atoms. The van der Waals surface area contributed by atoms with Crippen LogP contribution in [0.4, 0.5) is 9.59 Å². The van der Waals surface area contributed by atoms with Crippen LogP contribution in [0.1, 0.15) is 51.9 Å². The lowest BCUT2D eigenvalue weighted by Gasteiger charge is -2.28. The largest absolute Gasteiger partial charge is 0.465 e. The summed E-state index contributed by atoms with van der Waals surface area (Å²) < 4.78 is 41.9. The van der Waals surface area contributed by atoms with Crippen LogP contribution in [-0.4, -0.2) is 49.2 Å². The monoisotopic (exact) mass is 465 g/mol. The molecule has 0 heterocycles. The number of esters is 1. The third-order valence-corrected chi connectivity index (χ3v) is 5.51. The number of sulfonamides is 1. The zero-order chi connectivity index (χ0) is 24.5. The minimum Gasteiger partial charge on any atom is -0.465 e. The Bertz CT molecular complexity index is 1130. The predicted octanol–water partition coefficient (Wildman–Crippen LogP) is 4.49. The van der Waals surface area contributed by atoms with Crippen LogP contribution < -0.4 is 0 Å². The van der Waals surface area contributed by atoms with Crippen molar-refractivity contribution >= 4 is 39.0 Å². The molecule has 0 unspecified atom stereocenters. The second-order valence-electron chi connectivity index (χ2n) is 8.91. The van der Waals surface area contributed by atoms with Gasteiger partial charge in [-0.3, -0.25) is 0 Å². The average Bonchev–Trinajstić information content (AvgIpc) is 2.63. The minimum absolute atomic E-state index is 0.0440. The van der Waals surface area contributed by atoms with E-state index in [1.54, 1.807) is 24.3 Å². The van der Waals surface area contributed by atoms with E-state index in [1.165, 1.54) is 47.6 Å². The predicted molar refractivity (Wildman–Crippen MR) is 117 cm³/mol. The number of carbonyl (C=O) groups is 3. The molecule has 2 aromatic carbocycles. The first kappa shape index (κ1) is 25.1. The van der Waals surface area contributed by atoms with Gasteiger partial charge in [0, 0.05) is 0 Å². The van der Waals surface area contributed by atoms with E-state index < -0.39 is 44.3 Å². The van der Waals surface area contributed by atoms with Gasteiger partial charge in [0.15, 0.2) is 0 Å². The van der Waals surface area contributed by atoms with Crippen molar-refractivity contribution < 1.29 is 37.0 Å². The van der Waals surface area contributed by atoms with Crippen molar-refractivity contribution in [2.24, 2.45) is 0 Å². The van der Waals surface area contributed by atoms with Crippen LogP contribution in [0.5, 0.6) is 0 Å². The van der Waals surface area contributed by atoms with Crippen molar-refractivity contribution in [2.45, 2.75) is 57.6 Å². The number of imide groups is 1. The fourth-order valence-electron chi connectivity index (χ4n) is 2.69. The van der Waals surface area contributed by atoms with E-state index in [-0.39, 0.29) is 9.87 Å². The lowest BCUT2D eigenvalue weighted by atomic mass is 10.0. The summed E-state index contributed by atoms with van der Waals surface area (Å²) >= 11 is 0. The molecule has 2 amide bonds. The molecule has 0 bridgehead atoms. The van der Waals surface area contributed by atoms with E-state index in [4.69, 9.17) is 14.2 Å². The van der Waals surface area contributed by atoms with Gasteiger partial charge in [-0.15, -0.1) is 0 Å². The first-order valence-corrected chi connectivity index (χ1v) is 11.1. The number of amides is 2. The van der Waals surface area contributed by atoms with E-state index in [1.807, 2.05) is 0 Å². The molecule has 0 atom stereocenters. The smallest absolute Gasteiger partial charge is 0.434 e. The maximum Gasteiger partial charge on any atom is 0.434 e. The highest BCUT2D eigenvalue weighted by Gasteiger charge is 2.41. The van der Waals surface area contributed by atoms with Crippen LogP contribution in [0.2, 0.25) is 0 Å². The Kier molecular flexibility index (Phi) is 6.89. The number of nitrogens with zero attached hydrogens (tertiary/aromatic N) is 1. The Morgan fingerprint density at radius 2 is 1.34 bits per heavy atom. The second kappa shape index (κ2) is 8.78. The Balaban J connectivity index is 2.72. The molecule has 0 aromatic heterocycles. The first-order chi connectivity index (χ1) is 14.6.